The summed E-state index contributed by atoms with van der Waals surface area (Å²) in [6.07, 6.45) is 5.30. The van der Waals surface area contributed by atoms with Gasteiger partial charge in [-0.3, -0.25) is 14.3 Å². The van der Waals surface area contributed by atoms with Crippen molar-refractivity contribution >= 4 is 34.7 Å². The van der Waals surface area contributed by atoms with Crippen molar-refractivity contribution in [2.45, 2.75) is 6.67 Å². The molecule has 0 fully saturated rings. The molecule has 0 aliphatic carbocycles. The highest BCUT2D eigenvalue weighted by molar-refractivity contribution is 7.07. The minimum absolute atomic E-state index is 0.0192. The van der Waals surface area contributed by atoms with Crippen molar-refractivity contribution < 1.29 is 0 Å². The maximum atomic E-state index is 12.7. The van der Waals surface area contributed by atoms with E-state index in [1.54, 1.807) is 17.0 Å². The van der Waals surface area contributed by atoms with Crippen molar-refractivity contribution in [1.82, 2.24) is 9.55 Å². The molecular weight excluding hydrogens is 344 g/mol. The Labute approximate surface area is 146 Å². The van der Waals surface area contributed by atoms with Gasteiger partial charge < -0.3 is 4.90 Å². The molecular formula is C17H13ClN4OS. The van der Waals surface area contributed by atoms with Crippen molar-refractivity contribution in [1.29, 1.82) is 0 Å². The van der Waals surface area contributed by atoms with E-state index in [0.717, 1.165) is 16.1 Å². The molecule has 0 atom stereocenters. The molecule has 7 heteroatoms. The van der Waals surface area contributed by atoms with Gasteiger partial charge in [0.25, 0.3) is 5.56 Å². The van der Waals surface area contributed by atoms with Crippen LogP contribution in [-0.4, -0.2) is 16.2 Å². The summed E-state index contributed by atoms with van der Waals surface area (Å²) in [4.78, 5) is 24.0. The Bertz CT molecular complexity index is 1040. The third kappa shape index (κ3) is 2.86. The summed E-state index contributed by atoms with van der Waals surface area (Å²) in [5.74, 6) is 0. The maximum Gasteiger partial charge on any atom is 0.271 e. The molecule has 0 amide bonds. The van der Waals surface area contributed by atoms with Crippen LogP contribution in [0.3, 0.4) is 0 Å². The van der Waals surface area contributed by atoms with Crippen LogP contribution in [0.5, 0.6) is 0 Å². The van der Waals surface area contributed by atoms with Gasteiger partial charge in [0.15, 0.2) is 4.80 Å². The van der Waals surface area contributed by atoms with E-state index in [1.807, 2.05) is 47.4 Å². The van der Waals surface area contributed by atoms with Crippen LogP contribution in [0.4, 0.5) is 5.69 Å². The van der Waals surface area contributed by atoms with E-state index in [1.165, 1.54) is 11.3 Å². The zero-order valence-electron chi connectivity index (χ0n) is 12.6. The third-order valence-corrected chi connectivity index (χ3v) is 5.07. The number of nitrogens with zero attached hydrogens (tertiary/aromatic N) is 4. The summed E-state index contributed by atoms with van der Waals surface area (Å²) in [6.45, 7) is 1.01. The Morgan fingerprint density at radius 2 is 1.88 bits per heavy atom. The number of hydrogen-bond donors (Lipinski definition) is 0. The number of hydrogen-bond acceptors (Lipinski definition) is 5. The number of halogens is 1. The monoisotopic (exact) mass is 356 g/mol. The average molecular weight is 357 g/mol. The van der Waals surface area contributed by atoms with Crippen molar-refractivity contribution in [2.24, 2.45) is 4.99 Å². The molecule has 120 valence electrons. The topological polar surface area (TPSA) is 50.5 Å². The second-order valence-electron chi connectivity index (χ2n) is 5.36. The lowest BCUT2D eigenvalue weighted by Crippen LogP contribution is -2.42. The molecule has 3 aromatic rings. The number of fused-ring (bicyclic) bond motifs is 1. The molecule has 0 radical (unpaired) electrons. The van der Waals surface area contributed by atoms with Gasteiger partial charge in [-0.1, -0.05) is 22.9 Å². The summed E-state index contributed by atoms with van der Waals surface area (Å²) < 4.78 is 2.38. The molecule has 5 nitrogen and oxygen atoms in total. The zero-order chi connectivity index (χ0) is 16.5. The molecule has 3 heterocycles. The summed E-state index contributed by atoms with van der Waals surface area (Å²) >= 11 is 7.35. The summed E-state index contributed by atoms with van der Waals surface area (Å²) in [5, 5.41) is 0.690. The molecule has 2 aromatic heterocycles. The van der Waals surface area contributed by atoms with Crippen LogP contribution in [0.2, 0.25) is 5.02 Å². The molecule has 1 aliphatic heterocycles. The van der Waals surface area contributed by atoms with E-state index >= 15 is 0 Å². The number of aromatic nitrogens is 2. The number of anilines is 1. The van der Waals surface area contributed by atoms with Gasteiger partial charge in [0.1, 0.15) is 13.3 Å². The molecule has 1 aromatic carbocycles. The van der Waals surface area contributed by atoms with Crippen LogP contribution < -0.4 is 19.8 Å². The predicted molar refractivity (Wildman–Crippen MR) is 96.0 cm³/mol. The van der Waals surface area contributed by atoms with E-state index in [0.29, 0.717) is 22.9 Å². The lowest BCUT2D eigenvalue weighted by atomic mass is 10.2. The molecule has 0 unspecified atom stereocenters. The quantitative estimate of drug-likeness (QED) is 0.704. The van der Waals surface area contributed by atoms with Gasteiger partial charge in [-0.25, -0.2) is 4.99 Å². The Balaban J connectivity index is 1.71. The van der Waals surface area contributed by atoms with Crippen LogP contribution >= 0.6 is 22.9 Å². The van der Waals surface area contributed by atoms with Gasteiger partial charge in [0.2, 0.25) is 0 Å². The van der Waals surface area contributed by atoms with Gasteiger partial charge in [-0.15, -0.1) is 0 Å². The van der Waals surface area contributed by atoms with Gasteiger partial charge in [0.05, 0.1) is 4.53 Å². The molecule has 1 aliphatic rings. The Morgan fingerprint density at radius 1 is 1.12 bits per heavy atom. The Kier molecular flexibility index (Phi) is 3.92. The van der Waals surface area contributed by atoms with Crippen LogP contribution in [0, 0.1) is 0 Å². The van der Waals surface area contributed by atoms with Gasteiger partial charge in [-0.05, 0) is 48.0 Å². The molecule has 0 saturated carbocycles. The van der Waals surface area contributed by atoms with E-state index in [4.69, 9.17) is 11.6 Å². The highest BCUT2D eigenvalue weighted by Gasteiger charge is 2.15. The summed E-state index contributed by atoms with van der Waals surface area (Å²) in [5.41, 5.74) is 1.93. The first-order valence-electron chi connectivity index (χ1n) is 7.37. The second-order valence-corrected chi connectivity index (χ2v) is 6.81. The zero-order valence-corrected chi connectivity index (χ0v) is 14.2. The Morgan fingerprint density at radius 3 is 2.62 bits per heavy atom. The summed E-state index contributed by atoms with van der Waals surface area (Å²) in [6, 6.07) is 11.3. The van der Waals surface area contributed by atoms with Crippen molar-refractivity contribution in [3.8, 4) is 0 Å². The van der Waals surface area contributed by atoms with E-state index in [2.05, 4.69) is 9.98 Å². The number of rotatable bonds is 2. The lowest BCUT2D eigenvalue weighted by Gasteiger charge is -2.25. The first-order valence-corrected chi connectivity index (χ1v) is 8.56. The van der Waals surface area contributed by atoms with Gasteiger partial charge >= 0.3 is 0 Å². The van der Waals surface area contributed by atoms with Crippen molar-refractivity contribution in [2.75, 3.05) is 11.6 Å². The first-order chi connectivity index (χ1) is 11.7. The molecule has 24 heavy (non-hydrogen) atoms. The number of pyridine rings is 1. The van der Waals surface area contributed by atoms with Crippen molar-refractivity contribution in [3.63, 3.8) is 0 Å². The fourth-order valence-electron chi connectivity index (χ4n) is 2.54. The molecule has 4 rings (SSSR count). The van der Waals surface area contributed by atoms with Crippen molar-refractivity contribution in [3.05, 3.63) is 79.1 Å². The smallest absolute Gasteiger partial charge is 0.271 e. The van der Waals surface area contributed by atoms with Gasteiger partial charge in [-0.2, -0.15) is 0 Å². The minimum Gasteiger partial charge on any atom is -0.334 e. The average Bonchev–Trinajstić information content (AvgIpc) is 2.92. The largest absolute Gasteiger partial charge is 0.334 e. The maximum absolute atomic E-state index is 12.7. The Hall–Kier alpha value is -2.44. The first kappa shape index (κ1) is 15.1. The molecule has 0 spiro atoms. The highest BCUT2D eigenvalue weighted by atomic mass is 35.5. The fraction of sp³-hybridized carbons (Fsp3) is 0.118. The van der Waals surface area contributed by atoms with E-state index in [9.17, 15) is 4.79 Å². The van der Waals surface area contributed by atoms with Crippen LogP contribution in [0.1, 0.15) is 5.56 Å². The van der Waals surface area contributed by atoms with E-state index < -0.39 is 0 Å². The normalized spacial score (nSPS) is 14.4. The van der Waals surface area contributed by atoms with Crippen LogP contribution in [-0.2, 0) is 6.67 Å². The number of thiazole rings is 1. The summed E-state index contributed by atoms with van der Waals surface area (Å²) in [7, 11) is 0. The second kappa shape index (κ2) is 6.22. The highest BCUT2D eigenvalue weighted by Crippen LogP contribution is 2.18. The van der Waals surface area contributed by atoms with Gasteiger partial charge in [0, 0.05) is 23.1 Å². The predicted octanol–water partition coefficient (Wildman–Crippen LogP) is 1.84. The fourth-order valence-corrected chi connectivity index (χ4v) is 3.63. The van der Waals surface area contributed by atoms with E-state index in [-0.39, 0.29) is 5.56 Å². The van der Waals surface area contributed by atoms with Crippen LogP contribution in [0.15, 0.2) is 58.6 Å². The van der Waals surface area contributed by atoms with Crippen LogP contribution in [0.25, 0.3) is 6.08 Å². The third-order valence-electron chi connectivity index (χ3n) is 3.77. The lowest BCUT2D eigenvalue weighted by molar-refractivity contribution is 0.569. The minimum atomic E-state index is -0.0192. The molecule has 0 bridgehead atoms. The standard InChI is InChI=1S/C17H13ClN4OS/c18-13-1-3-14(4-2-13)21-10-20-17-22(11-21)16(23)15(24-17)9-12-5-7-19-8-6-12/h1-9H,10-11H2/b15-9-. The SMILES string of the molecule is O=c1/c(=C/c2ccncc2)sc2n1CN(c1ccc(Cl)cc1)CN=2. The number of benzene rings is 1. The molecule has 0 N–H and O–H groups in total. The molecule has 0 saturated heterocycles.